The van der Waals surface area contributed by atoms with Gasteiger partial charge in [-0.25, -0.2) is 0 Å². The van der Waals surface area contributed by atoms with Crippen LogP contribution in [-0.2, 0) is 22.4 Å². The minimum absolute atomic E-state index is 0.000446. The fourth-order valence-corrected chi connectivity index (χ4v) is 5.48. The van der Waals surface area contributed by atoms with E-state index in [-0.39, 0.29) is 30.1 Å². The zero-order valence-electron chi connectivity index (χ0n) is 18.2. The Hall–Kier alpha value is -1.72. The monoisotopic (exact) mass is 412 g/mol. The van der Waals surface area contributed by atoms with Crippen molar-refractivity contribution in [2.75, 3.05) is 32.8 Å². The summed E-state index contributed by atoms with van der Waals surface area (Å²) in [5, 5.41) is 3.17. The maximum absolute atomic E-state index is 12.6. The number of rotatable bonds is 7. The molecule has 1 amide bonds. The van der Waals surface area contributed by atoms with Crippen LogP contribution in [0.5, 0.6) is 0 Å². The molecule has 30 heavy (non-hydrogen) atoms. The lowest BCUT2D eigenvalue weighted by molar-refractivity contribution is -0.122. The predicted molar refractivity (Wildman–Crippen MR) is 118 cm³/mol. The van der Waals surface area contributed by atoms with Crippen LogP contribution in [0.2, 0.25) is 0 Å². The minimum Gasteiger partial charge on any atom is -0.379 e. The van der Waals surface area contributed by atoms with Gasteiger partial charge in [-0.15, -0.1) is 0 Å². The Morgan fingerprint density at radius 3 is 2.43 bits per heavy atom. The van der Waals surface area contributed by atoms with Gasteiger partial charge < -0.3 is 10.1 Å². The number of aryl methyl sites for hydroxylation is 2. The fraction of sp³-hybridized carbons (Fsp3) is 0.680. The van der Waals surface area contributed by atoms with Gasteiger partial charge in [0.1, 0.15) is 0 Å². The van der Waals surface area contributed by atoms with E-state index >= 15 is 0 Å². The predicted octanol–water partition coefficient (Wildman–Crippen LogP) is 3.68. The second-order valence-corrected chi connectivity index (χ2v) is 9.27. The maximum atomic E-state index is 12.6. The molecule has 0 atom stereocenters. The number of ketones is 1. The lowest BCUT2D eigenvalue weighted by Gasteiger charge is -2.48. The Morgan fingerprint density at radius 1 is 0.933 bits per heavy atom. The molecule has 164 valence electrons. The molecule has 0 aromatic heterocycles. The molecule has 5 nitrogen and oxygen atoms in total. The van der Waals surface area contributed by atoms with Crippen LogP contribution in [0.4, 0.5) is 0 Å². The van der Waals surface area contributed by atoms with Crippen LogP contribution in [0.3, 0.4) is 0 Å². The van der Waals surface area contributed by atoms with E-state index in [2.05, 4.69) is 22.3 Å². The lowest BCUT2D eigenvalue weighted by atomic mass is 9.79. The third-order valence-corrected chi connectivity index (χ3v) is 7.33. The third kappa shape index (κ3) is 5.12. The Bertz CT molecular complexity index is 749. The number of Topliss-reactive ketones (excluding diaryl/α,β-unsaturated/α-hetero) is 1. The second kappa shape index (κ2) is 10.1. The van der Waals surface area contributed by atoms with Crippen molar-refractivity contribution in [2.24, 2.45) is 0 Å². The number of nitrogens with zero attached hydrogens (tertiary/aromatic N) is 1. The number of carbonyl (C=O) groups is 2. The molecule has 0 unspecified atom stereocenters. The number of hydrogen-bond donors (Lipinski definition) is 1. The summed E-state index contributed by atoms with van der Waals surface area (Å²) in [5.41, 5.74) is 3.54. The first kappa shape index (κ1) is 21.5. The van der Waals surface area contributed by atoms with Crippen LogP contribution < -0.4 is 5.32 Å². The molecule has 0 radical (unpaired) electrons. The van der Waals surface area contributed by atoms with Gasteiger partial charge in [0, 0.05) is 43.6 Å². The summed E-state index contributed by atoms with van der Waals surface area (Å²) in [6.45, 7) is 4.16. The van der Waals surface area contributed by atoms with Crippen molar-refractivity contribution >= 4 is 11.7 Å². The van der Waals surface area contributed by atoms with Gasteiger partial charge in [0.05, 0.1) is 13.2 Å². The summed E-state index contributed by atoms with van der Waals surface area (Å²) in [6, 6.07) is 6.11. The number of hydrogen-bond acceptors (Lipinski definition) is 4. The topological polar surface area (TPSA) is 58.6 Å². The molecule has 0 bridgehead atoms. The number of fused-ring (bicyclic) bond motifs is 1. The Labute approximate surface area is 180 Å². The Kier molecular flexibility index (Phi) is 7.21. The van der Waals surface area contributed by atoms with E-state index in [1.54, 1.807) is 0 Å². The first-order valence-corrected chi connectivity index (χ1v) is 11.9. The van der Waals surface area contributed by atoms with Crippen LogP contribution in [0.25, 0.3) is 0 Å². The van der Waals surface area contributed by atoms with E-state index < -0.39 is 0 Å². The minimum atomic E-state index is -0.000446. The quantitative estimate of drug-likeness (QED) is 0.694. The highest BCUT2D eigenvalue weighted by Gasteiger charge is 2.38. The van der Waals surface area contributed by atoms with Crippen molar-refractivity contribution < 1.29 is 14.3 Å². The van der Waals surface area contributed by atoms with Gasteiger partial charge in [-0.3, -0.25) is 14.5 Å². The molecule has 2 aliphatic carbocycles. The highest BCUT2D eigenvalue weighted by molar-refractivity contribution is 5.98. The van der Waals surface area contributed by atoms with Gasteiger partial charge >= 0.3 is 0 Å². The first-order chi connectivity index (χ1) is 14.7. The molecule has 1 saturated carbocycles. The van der Waals surface area contributed by atoms with E-state index in [0.29, 0.717) is 6.54 Å². The number of nitrogens with one attached hydrogen (secondary N) is 1. The molecule has 5 heteroatoms. The van der Waals surface area contributed by atoms with Crippen LogP contribution in [-0.4, -0.2) is 55.0 Å². The number of ether oxygens (including phenoxy) is 1. The van der Waals surface area contributed by atoms with Gasteiger partial charge in [-0.1, -0.05) is 31.4 Å². The SMILES string of the molecule is O=C(CCC(=O)c1ccc2c(c1)CCCC2)NCC1(N2CCOCC2)CCCCC1. The highest BCUT2D eigenvalue weighted by atomic mass is 16.5. The highest BCUT2D eigenvalue weighted by Crippen LogP contribution is 2.34. The van der Waals surface area contributed by atoms with E-state index in [9.17, 15) is 9.59 Å². The van der Waals surface area contributed by atoms with Gasteiger partial charge in [0.15, 0.2) is 5.78 Å². The summed E-state index contributed by atoms with van der Waals surface area (Å²) >= 11 is 0. The standard InChI is InChI=1S/C25H36N2O3/c28-23(22-9-8-20-6-2-3-7-21(20)18-22)10-11-24(29)26-19-25(12-4-1-5-13-25)27-14-16-30-17-15-27/h8-9,18H,1-7,10-17,19H2,(H,26,29). The number of benzene rings is 1. The fourth-order valence-electron chi connectivity index (χ4n) is 5.48. The summed E-state index contributed by atoms with van der Waals surface area (Å²) in [4.78, 5) is 27.8. The van der Waals surface area contributed by atoms with Crippen molar-refractivity contribution in [3.05, 3.63) is 34.9 Å². The van der Waals surface area contributed by atoms with E-state index in [1.807, 2.05) is 6.07 Å². The molecule has 1 aromatic rings. The zero-order valence-corrected chi connectivity index (χ0v) is 18.2. The Balaban J connectivity index is 1.29. The largest absolute Gasteiger partial charge is 0.379 e. The van der Waals surface area contributed by atoms with Crippen LogP contribution in [0.1, 0.15) is 79.3 Å². The number of morpholine rings is 1. The summed E-state index contributed by atoms with van der Waals surface area (Å²) in [7, 11) is 0. The number of amides is 1. The van der Waals surface area contributed by atoms with Gasteiger partial charge in [-0.05, 0) is 55.7 Å². The summed E-state index contributed by atoms with van der Waals surface area (Å²) in [5.74, 6) is 0.0820. The molecule has 1 N–H and O–H groups in total. The van der Waals surface area contributed by atoms with Crippen LogP contribution in [0.15, 0.2) is 18.2 Å². The first-order valence-electron chi connectivity index (χ1n) is 11.9. The maximum Gasteiger partial charge on any atom is 0.220 e. The van der Waals surface area contributed by atoms with E-state index in [4.69, 9.17) is 4.74 Å². The normalized spacial score (nSPS) is 21.6. The van der Waals surface area contributed by atoms with Gasteiger partial charge in [0.2, 0.25) is 5.91 Å². The van der Waals surface area contributed by atoms with E-state index in [1.165, 1.54) is 43.2 Å². The molecule has 1 aliphatic heterocycles. The molecule has 0 spiro atoms. The average Bonchev–Trinajstić information content (AvgIpc) is 2.82. The molecule has 1 heterocycles. The molecule has 4 rings (SSSR count). The van der Waals surface area contributed by atoms with Crippen LogP contribution in [0, 0.1) is 0 Å². The van der Waals surface area contributed by atoms with Crippen molar-refractivity contribution in [1.29, 1.82) is 0 Å². The summed E-state index contributed by atoms with van der Waals surface area (Å²) < 4.78 is 5.54. The Morgan fingerprint density at radius 2 is 1.67 bits per heavy atom. The van der Waals surface area contributed by atoms with Crippen molar-refractivity contribution in [1.82, 2.24) is 10.2 Å². The summed E-state index contributed by atoms with van der Waals surface area (Å²) in [6.07, 6.45) is 11.2. The van der Waals surface area contributed by atoms with Gasteiger partial charge in [-0.2, -0.15) is 0 Å². The molecule has 2 fully saturated rings. The molecular formula is C25H36N2O3. The molecule has 1 aromatic carbocycles. The lowest BCUT2D eigenvalue weighted by Crippen LogP contribution is -2.59. The zero-order chi connectivity index (χ0) is 20.8. The molecular weight excluding hydrogens is 376 g/mol. The van der Waals surface area contributed by atoms with Crippen LogP contribution >= 0.6 is 0 Å². The number of carbonyl (C=O) groups excluding carboxylic acids is 2. The van der Waals surface area contributed by atoms with Crippen molar-refractivity contribution in [3.8, 4) is 0 Å². The molecule has 1 saturated heterocycles. The average molecular weight is 413 g/mol. The van der Waals surface area contributed by atoms with E-state index in [0.717, 1.165) is 57.6 Å². The smallest absolute Gasteiger partial charge is 0.220 e. The second-order valence-electron chi connectivity index (χ2n) is 9.27. The van der Waals surface area contributed by atoms with Gasteiger partial charge in [0.25, 0.3) is 0 Å². The third-order valence-electron chi connectivity index (χ3n) is 7.33. The molecule has 3 aliphatic rings. The van der Waals surface area contributed by atoms with Crippen molar-refractivity contribution in [2.45, 2.75) is 76.2 Å². The van der Waals surface area contributed by atoms with Crippen molar-refractivity contribution in [3.63, 3.8) is 0 Å².